The molecule has 0 radical (unpaired) electrons. The number of carbonyl (C=O) groups excluding carboxylic acids is 2. The molecule has 2 amide bonds. The molecule has 0 saturated carbocycles. The number of hydrogen-bond acceptors (Lipinski definition) is 6. The van der Waals surface area contributed by atoms with Crippen molar-refractivity contribution in [1.29, 1.82) is 5.26 Å². The Balaban J connectivity index is 1.28. The number of anilines is 1. The van der Waals surface area contributed by atoms with Gasteiger partial charge in [0.2, 0.25) is 11.8 Å². The first-order valence-electron chi connectivity index (χ1n) is 11.2. The topological polar surface area (TPSA) is 107 Å². The monoisotopic (exact) mass is 479 g/mol. The van der Waals surface area contributed by atoms with E-state index in [4.69, 9.17) is 11.6 Å². The highest BCUT2D eigenvalue weighted by Gasteiger charge is 2.23. The Hall–Kier alpha value is -3.48. The highest BCUT2D eigenvalue weighted by molar-refractivity contribution is 6.33. The molecule has 10 heteroatoms. The first-order valence-corrected chi connectivity index (χ1v) is 11.5. The third kappa shape index (κ3) is 5.03. The first-order chi connectivity index (χ1) is 16.4. The zero-order valence-corrected chi connectivity index (χ0v) is 20.0. The van der Waals surface area contributed by atoms with E-state index >= 15 is 0 Å². The quantitative estimate of drug-likeness (QED) is 0.582. The summed E-state index contributed by atoms with van der Waals surface area (Å²) in [5.74, 6) is -0.0443. The van der Waals surface area contributed by atoms with Gasteiger partial charge in [-0.2, -0.15) is 10.4 Å². The Morgan fingerprint density at radius 2 is 1.91 bits per heavy atom. The van der Waals surface area contributed by atoms with Crippen LogP contribution >= 0.6 is 11.6 Å². The van der Waals surface area contributed by atoms with Gasteiger partial charge in [-0.15, -0.1) is 0 Å². The number of para-hydroxylation sites is 1. The number of nitrogens with one attached hydrogen (secondary N) is 1. The highest BCUT2D eigenvalue weighted by Crippen LogP contribution is 2.21. The smallest absolute Gasteiger partial charge is 0.238 e. The molecule has 3 aromatic rings. The van der Waals surface area contributed by atoms with Gasteiger partial charge in [0, 0.05) is 44.0 Å². The number of amides is 2. The molecule has 0 bridgehead atoms. The summed E-state index contributed by atoms with van der Waals surface area (Å²) < 4.78 is 1.66. The second-order valence-corrected chi connectivity index (χ2v) is 8.76. The van der Waals surface area contributed by atoms with Gasteiger partial charge in [0.25, 0.3) is 0 Å². The van der Waals surface area contributed by atoms with Crippen LogP contribution in [-0.4, -0.2) is 68.9 Å². The van der Waals surface area contributed by atoms with Crippen molar-refractivity contribution in [3.63, 3.8) is 0 Å². The third-order valence-corrected chi connectivity index (χ3v) is 6.49. The molecule has 3 heterocycles. The zero-order valence-electron chi connectivity index (χ0n) is 19.2. The van der Waals surface area contributed by atoms with Crippen LogP contribution in [0.1, 0.15) is 28.9 Å². The van der Waals surface area contributed by atoms with Crippen LogP contribution < -0.4 is 5.32 Å². The van der Waals surface area contributed by atoms with Crippen LogP contribution in [0.3, 0.4) is 0 Å². The summed E-state index contributed by atoms with van der Waals surface area (Å²) in [7, 11) is 0. The standard InChI is InChI=1S/C24H26ClN7O2/c1-16-19(17(2)32-24(28-16)18(13-26)14-27-32)7-8-23(34)31-11-9-30(10-12-31)15-22(33)29-21-6-4-3-5-20(21)25/h3-6,14H,7-12,15H2,1-2H3,(H,29,33). The maximum atomic E-state index is 12.8. The van der Waals surface area contributed by atoms with Crippen LogP contribution in [0, 0.1) is 25.2 Å². The summed E-state index contributed by atoms with van der Waals surface area (Å²) in [6, 6.07) is 9.24. The van der Waals surface area contributed by atoms with Crippen molar-refractivity contribution >= 4 is 34.7 Å². The minimum absolute atomic E-state index is 0.0808. The molecule has 2 aromatic heterocycles. The second kappa shape index (κ2) is 10.2. The van der Waals surface area contributed by atoms with Gasteiger partial charge in [-0.3, -0.25) is 14.5 Å². The number of piperazine rings is 1. The van der Waals surface area contributed by atoms with Crippen LogP contribution in [0.5, 0.6) is 0 Å². The fourth-order valence-corrected chi connectivity index (χ4v) is 4.44. The van der Waals surface area contributed by atoms with Crippen LogP contribution in [0.15, 0.2) is 30.5 Å². The van der Waals surface area contributed by atoms with Crippen molar-refractivity contribution in [2.45, 2.75) is 26.7 Å². The number of benzene rings is 1. The molecule has 0 spiro atoms. The van der Waals surface area contributed by atoms with Crippen LogP contribution in [0.2, 0.25) is 5.02 Å². The minimum Gasteiger partial charge on any atom is -0.340 e. The molecular weight excluding hydrogens is 454 g/mol. The number of aryl methyl sites for hydroxylation is 2. The summed E-state index contributed by atoms with van der Waals surface area (Å²) >= 11 is 6.10. The van der Waals surface area contributed by atoms with E-state index in [1.165, 1.54) is 6.20 Å². The van der Waals surface area contributed by atoms with E-state index in [2.05, 4.69) is 21.5 Å². The van der Waals surface area contributed by atoms with Crippen molar-refractivity contribution in [3.05, 3.63) is 58.0 Å². The summed E-state index contributed by atoms with van der Waals surface area (Å²) in [5, 5.41) is 16.8. The van der Waals surface area contributed by atoms with Crippen molar-refractivity contribution < 1.29 is 9.59 Å². The highest BCUT2D eigenvalue weighted by atomic mass is 35.5. The number of rotatable bonds is 6. The maximum absolute atomic E-state index is 12.8. The van der Waals surface area contributed by atoms with Gasteiger partial charge in [0.1, 0.15) is 11.6 Å². The van der Waals surface area contributed by atoms with Gasteiger partial charge in [-0.1, -0.05) is 23.7 Å². The molecule has 176 valence electrons. The summed E-state index contributed by atoms with van der Waals surface area (Å²) in [4.78, 5) is 33.6. The fourth-order valence-electron chi connectivity index (χ4n) is 4.25. The van der Waals surface area contributed by atoms with Crippen molar-refractivity contribution in [1.82, 2.24) is 24.4 Å². The molecule has 4 rings (SSSR count). The van der Waals surface area contributed by atoms with Gasteiger partial charge in [0.05, 0.1) is 23.5 Å². The molecule has 1 aliphatic heterocycles. The van der Waals surface area contributed by atoms with E-state index in [9.17, 15) is 14.9 Å². The molecule has 1 aromatic carbocycles. The van der Waals surface area contributed by atoms with E-state index in [0.29, 0.717) is 60.9 Å². The third-order valence-electron chi connectivity index (χ3n) is 6.16. The molecular formula is C24H26ClN7O2. The van der Waals surface area contributed by atoms with Gasteiger partial charge < -0.3 is 10.2 Å². The van der Waals surface area contributed by atoms with Crippen LogP contribution in [0.4, 0.5) is 5.69 Å². The van der Waals surface area contributed by atoms with E-state index in [1.54, 1.807) is 16.6 Å². The predicted octanol–water partition coefficient (Wildman–Crippen LogP) is 2.59. The number of aromatic nitrogens is 3. The number of fused-ring (bicyclic) bond motifs is 1. The Morgan fingerprint density at radius 1 is 1.18 bits per heavy atom. The van der Waals surface area contributed by atoms with E-state index in [1.807, 2.05) is 35.8 Å². The summed E-state index contributed by atoms with van der Waals surface area (Å²) in [5.41, 5.74) is 4.26. The Morgan fingerprint density at radius 3 is 2.62 bits per heavy atom. The number of hydrogen-bond donors (Lipinski definition) is 1. The van der Waals surface area contributed by atoms with Gasteiger partial charge in [-0.05, 0) is 38.0 Å². The largest absolute Gasteiger partial charge is 0.340 e. The SMILES string of the molecule is Cc1nc2c(C#N)cnn2c(C)c1CCC(=O)N1CCN(CC(=O)Nc2ccccc2Cl)CC1. The minimum atomic E-state index is -0.125. The fraction of sp³-hybridized carbons (Fsp3) is 0.375. The van der Waals surface area contributed by atoms with Gasteiger partial charge >= 0.3 is 0 Å². The molecule has 0 unspecified atom stereocenters. The van der Waals surface area contributed by atoms with E-state index < -0.39 is 0 Å². The lowest BCUT2D eigenvalue weighted by molar-refractivity contribution is -0.133. The van der Waals surface area contributed by atoms with Crippen molar-refractivity contribution in [2.75, 3.05) is 38.0 Å². The van der Waals surface area contributed by atoms with Gasteiger partial charge in [-0.25, -0.2) is 9.50 Å². The molecule has 34 heavy (non-hydrogen) atoms. The number of nitrogens with zero attached hydrogens (tertiary/aromatic N) is 6. The molecule has 0 aliphatic carbocycles. The Kier molecular flexibility index (Phi) is 7.10. The Labute approximate surface area is 202 Å². The van der Waals surface area contributed by atoms with Crippen molar-refractivity contribution in [2.24, 2.45) is 0 Å². The molecule has 1 N–H and O–H groups in total. The van der Waals surface area contributed by atoms with E-state index in [0.717, 1.165) is 17.0 Å². The number of nitriles is 1. The molecule has 1 aliphatic rings. The normalized spacial score (nSPS) is 14.2. The van der Waals surface area contributed by atoms with Gasteiger partial charge in [0.15, 0.2) is 5.65 Å². The maximum Gasteiger partial charge on any atom is 0.238 e. The van der Waals surface area contributed by atoms with Crippen LogP contribution in [-0.2, 0) is 16.0 Å². The summed E-state index contributed by atoms with van der Waals surface area (Å²) in [6.45, 7) is 6.52. The van der Waals surface area contributed by atoms with E-state index in [-0.39, 0.29) is 18.4 Å². The first kappa shape index (κ1) is 23.7. The molecule has 9 nitrogen and oxygen atoms in total. The summed E-state index contributed by atoms with van der Waals surface area (Å²) in [6.07, 6.45) is 2.44. The predicted molar refractivity (Wildman–Crippen MR) is 129 cm³/mol. The average Bonchev–Trinajstić information content (AvgIpc) is 3.23. The average molecular weight is 480 g/mol. The lowest BCUT2D eigenvalue weighted by Gasteiger charge is -2.34. The molecule has 0 atom stereocenters. The Bertz CT molecular complexity index is 1270. The lowest BCUT2D eigenvalue weighted by atomic mass is 10.1. The van der Waals surface area contributed by atoms with Crippen molar-refractivity contribution in [3.8, 4) is 6.07 Å². The molecule has 1 saturated heterocycles. The number of carbonyl (C=O) groups is 2. The zero-order chi connectivity index (χ0) is 24.2. The van der Waals surface area contributed by atoms with Crippen LogP contribution in [0.25, 0.3) is 5.65 Å². The second-order valence-electron chi connectivity index (χ2n) is 8.35. The number of halogens is 1. The molecule has 1 fully saturated rings. The lowest BCUT2D eigenvalue weighted by Crippen LogP contribution is -2.50.